The minimum atomic E-state index is 0.907. The van der Waals surface area contributed by atoms with Gasteiger partial charge in [-0.1, -0.05) is 52.3 Å². The molecule has 2 aromatic heterocycles. The fourth-order valence-corrected chi connectivity index (χ4v) is 3.40. The molecule has 0 spiro atoms. The average molecular weight is 374 g/mol. The Bertz CT molecular complexity index is 1210. The van der Waals surface area contributed by atoms with Crippen molar-refractivity contribution in [1.29, 1.82) is 0 Å². The van der Waals surface area contributed by atoms with Crippen LogP contribution in [0.5, 0.6) is 0 Å². The van der Waals surface area contributed by atoms with E-state index in [1.54, 1.807) is 0 Å². The Morgan fingerprint density at radius 2 is 1.42 bits per heavy atom. The normalized spacial score (nSPS) is 11.5. The highest BCUT2D eigenvalue weighted by atomic mass is 79.9. The summed E-state index contributed by atoms with van der Waals surface area (Å²) in [6.07, 6.45) is 0. The molecule has 0 unspecified atom stereocenters. The second-order valence-corrected chi connectivity index (χ2v) is 6.63. The summed E-state index contributed by atoms with van der Waals surface area (Å²) in [7, 11) is 0. The Morgan fingerprint density at radius 3 is 2.25 bits per heavy atom. The fraction of sp³-hybridized carbons (Fsp3) is 0. The summed E-state index contributed by atoms with van der Waals surface area (Å²) in [6.45, 7) is 0. The van der Waals surface area contributed by atoms with E-state index in [1.807, 2.05) is 48.5 Å². The van der Waals surface area contributed by atoms with Gasteiger partial charge in [0.15, 0.2) is 0 Å². The van der Waals surface area contributed by atoms with Crippen LogP contribution in [0.4, 0.5) is 0 Å². The van der Waals surface area contributed by atoms with Crippen LogP contribution >= 0.6 is 15.9 Å². The third-order valence-electron chi connectivity index (χ3n) is 4.25. The molecule has 0 fully saturated rings. The molecule has 4 heteroatoms. The average Bonchev–Trinajstić information content (AvgIpc) is 3.02. The van der Waals surface area contributed by atoms with Gasteiger partial charge in [-0.2, -0.15) is 0 Å². The third kappa shape index (κ3) is 1.96. The van der Waals surface area contributed by atoms with Crippen LogP contribution in [-0.4, -0.2) is 14.4 Å². The van der Waals surface area contributed by atoms with E-state index >= 15 is 0 Å². The number of hydrogen-bond acceptors (Lipinski definition) is 2. The first-order valence-corrected chi connectivity index (χ1v) is 8.52. The molecule has 5 rings (SSSR count). The molecule has 0 saturated heterocycles. The first-order chi connectivity index (χ1) is 11.8. The van der Waals surface area contributed by atoms with Crippen molar-refractivity contribution in [3.05, 3.63) is 77.3 Å². The van der Waals surface area contributed by atoms with Crippen molar-refractivity contribution >= 4 is 43.5 Å². The highest BCUT2D eigenvalue weighted by molar-refractivity contribution is 9.10. The summed E-state index contributed by atoms with van der Waals surface area (Å²) in [5, 5.41) is 1.06. The van der Waals surface area contributed by atoms with Gasteiger partial charge in [-0.15, -0.1) is 0 Å². The lowest BCUT2D eigenvalue weighted by atomic mass is 10.2. The quantitative estimate of drug-likeness (QED) is 0.390. The van der Waals surface area contributed by atoms with E-state index in [2.05, 4.69) is 44.6 Å². The zero-order valence-electron chi connectivity index (χ0n) is 12.6. The first-order valence-electron chi connectivity index (χ1n) is 7.73. The van der Waals surface area contributed by atoms with E-state index < -0.39 is 0 Å². The summed E-state index contributed by atoms with van der Waals surface area (Å²) >= 11 is 3.50. The Morgan fingerprint density at radius 1 is 0.708 bits per heavy atom. The molecule has 0 bridgehead atoms. The smallest absolute Gasteiger partial charge is 0.149 e. The van der Waals surface area contributed by atoms with Crippen LogP contribution in [-0.2, 0) is 0 Å². The van der Waals surface area contributed by atoms with E-state index in [9.17, 15) is 0 Å². The Hall–Kier alpha value is -2.72. The number of benzene rings is 3. The van der Waals surface area contributed by atoms with Gasteiger partial charge in [0.1, 0.15) is 11.5 Å². The van der Waals surface area contributed by atoms with Crippen LogP contribution in [0.15, 0.2) is 77.3 Å². The number of halogens is 1. The Balaban J connectivity index is 2.01. The van der Waals surface area contributed by atoms with Crippen molar-refractivity contribution in [3.8, 4) is 11.4 Å². The number of nitrogens with zero attached hydrogens (tertiary/aromatic N) is 3. The second kappa shape index (κ2) is 5.14. The molecule has 0 amide bonds. The molecule has 2 heterocycles. The molecular weight excluding hydrogens is 362 g/mol. The van der Waals surface area contributed by atoms with Crippen molar-refractivity contribution in [2.45, 2.75) is 0 Å². The third-order valence-corrected chi connectivity index (χ3v) is 4.77. The molecule has 0 radical (unpaired) electrons. The lowest BCUT2D eigenvalue weighted by Gasteiger charge is -2.09. The van der Waals surface area contributed by atoms with E-state index in [4.69, 9.17) is 9.97 Å². The maximum Gasteiger partial charge on any atom is 0.149 e. The van der Waals surface area contributed by atoms with Crippen LogP contribution in [0.1, 0.15) is 0 Å². The lowest BCUT2D eigenvalue weighted by Crippen LogP contribution is -1.97. The largest absolute Gasteiger partial charge is 0.276 e. The maximum atomic E-state index is 4.93. The van der Waals surface area contributed by atoms with Crippen molar-refractivity contribution in [2.75, 3.05) is 0 Å². The molecule has 114 valence electrons. The van der Waals surface area contributed by atoms with Gasteiger partial charge in [0.2, 0.25) is 0 Å². The fourth-order valence-electron chi connectivity index (χ4n) is 3.14. The standard InChI is InChI=1S/C20H12BrN3/c21-14-11-9-13(10-12-14)19-22-16-6-2-1-5-15(16)20-23-17-7-3-4-8-18(17)24(19)20/h1-12H. The number of para-hydroxylation sites is 3. The summed E-state index contributed by atoms with van der Waals surface area (Å²) in [4.78, 5) is 9.79. The summed E-state index contributed by atoms with van der Waals surface area (Å²) < 4.78 is 3.21. The SMILES string of the molecule is Brc1ccc(-c2nc3ccccc3c3nc4ccccc4n23)cc1. The van der Waals surface area contributed by atoms with Gasteiger partial charge in [-0.05, 0) is 36.4 Å². The zero-order chi connectivity index (χ0) is 16.1. The van der Waals surface area contributed by atoms with E-state index in [0.29, 0.717) is 0 Å². The van der Waals surface area contributed by atoms with Gasteiger partial charge in [0, 0.05) is 15.4 Å². The van der Waals surface area contributed by atoms with Crippen LogP contribution in [0, 0.1) is 0 Å². The van der Waals surface area contributed by atoms with Gasteiger partial charge in [-0.25, -0.2) is 9.97 Å². The molecule has 3 nitrogen and oxygen atoms in total. The number of hydrogen-bond donors (Lipinski definition) is 0. The number of aromatic nitrogens is 3. The minimum absolute atomic E-state index is 0.907. The molecule has 0 saturated carbocycles. The highest BCUT2D eigenvalue weighted by Crippen LogP contribution is 2.29. The molecular formula is C20H12BrN3. The first kappa shape index (κ1) is 13.7. The van der Waals surface area contributed by atoms with Crippen molar-refractivity contribution in [2.24, 2.45) is 0 Å². The molecule has 0 aliphatic heterocycles. The molecule has 0 atom stereocenters. The van der Waals surface area contributed by atoms with Crippen molar-refractivity contribution < 1.29 is 0 Å². The lowest BCUT2D eigenvalue weighted by molar-refractivity contribution is 1.16. The summed E-state index contributed by atoms with van der Waals surface area (Å²) in [5.41, 5.74) is 5.02. The van der Waals surface area contributed by atoms with Gasteiger partial charge in [0.05, 0.1) is 16.6 Å². The predicted octanol–water partition coefficient (Wildman–Crippen LogP) is 5.47. The molecule has 0 aliphatic carbocycles. The van der Waals surface area contributed by atoms with Crippen LogP contribution in [0.2, 0.25) is 0 Å². The number of rotatable bonds is 1. The summed E-state index contributed by atoms with van der Waals surface area (Å²) in [5.74, 6) is 0.907. The van der Waals surface area contributed by atoms with E-state index in [-0.39, 0.29) is 0 Å². The second-order valence-electron chi connectivity index (χ2n) is 5.72. The van der Waals surface area contributed by atoms with Crippen LogP contribution < -0.4 is 0 Å². The molecule has 5 aromatic rings. The minimum Gasteiger partial charge on any atom is -0.276 e. The van der Waals surface area contributed by atoms with Crippen LogP contribution in [0.25, 0.3) is 39.0 Å². The molecule has 3 aromatic carbocycles. The van der Waals surface area contributed by atoms with Gasteiger partial charge in [0.25, 0.3) is 0 Å². The van der Waals surface area contributed by atoms with Crippen LogP contribution in [0.3, 0.4) is 0 Å². The van der Waals surface area contributed by atoms with Crippen molar-refractivity contribution in [3.63, 3.8) is 0 Å². The predicted molar refractivity (Wildman–Crippen MR) is 101 cm³/mol. The Kier molecular flexibility index (Phi) is 2.94. The summed E-state index contributed by atoms with van der Waals surface area (Å²) in [6, 6.07) is 24.6. The van der Waals surface area contributed by atoms with E-state index in [0.717, 1.165) is 43.4 Å². The number of imidazole rings is 1. The topological polar surface area (TPSA) is 30.2 Å². The van der Waals surface area contributed by atoms with E-state index in [1.165, 1.54) is 0 Å². The number of fused-ring (bicyclic) bond motifs is 5. The highest BCUT2D eigenvalue weighted by Gasteiger charge is 2.14. The van der Waals surface area contributed by atoms with Gasteiger partial charge < -0.3 is 0 Å². The maximum absolute atomic E-state index is 4.93. The molecule has 0 aliphatic rings. The molecule has 0 N–H and O–H groups in total. The van der Waals surface area contributed by atoms with Gasteiger partial charge in [-0.3, -0.25) is 4.40 Å². The van der Waals surface area contributed by atoms with Gasteiger partial charge >= 0.3 is 0 Å². The van der Waals surface area contributed by atoms with Crippen molar-refractivity contribution in [1.82, 2.24) is 14.4 Å². The monoisotopic (exact) mass is 373 g/mol. The molecule has 24 heavy (non-hydrogen) atoms. The Labute approximate surface area is 146 Å². The zero-order valence-corrected chi connectivity index (χ0v) is 14.2.